The number of para-hydroxylation sites is 1. The zero-order valence-corrected chi connectivity index (χ0v) is 12.0. The van der Waals surface area contributed by atoms with Crippen molar-refractivity contribution in [2.24, 2.45) is 5.92 Å². The lowest BCUT2D eigenvalue weighted by Gasteiger charge is -2.21. The summed E-state index contributed by atoms with van der Waals surface area (Å²) in [4.78, 5) is 22.7. The van der Waals surface area contributed by atoms with Crippen LogP contribution in [0, 0.1) is 5.92 Å². The highest BCUT2D eigenvalue weighted by Gasteiger charge is 2.19. The van der Waals surface area contributed by atoms with Crippen molar-refractivity contribution in [3.05, 3.63) is 23.8 Å². The Labute approximate surface area is 123 Å². The molecule has 1 aliphatic heterocycles. The number of nitrogens with one attached hydrogen (secondary N) is 2. The average molecular weight is 292 g/mol. The van der Waals surface area contributed by atoms with E-state index in [0.29, 0.717) is 30.9 Å². The van der Waals surface area contributed by atoms with Gasteiger partial charge in [-0.05, 0) is 24.5 Å². The van der Waals surface area contributed by atoms with Gasteiger partial charge in [0.15, 0.2) is 5.75 Å². The number of carboxylic acid groups (broad SMARTS) is 1. The van der Waals surface area contributed by atoms with Gasteiger partial charge >= 0.3 is 5.97 Å². The van der Waals surface area contributed by atoms with E-state index in [1.165, 1.54) is 0 Å². The Morgan fingerprint density at radius 2 is 2.29 bits per heavy atom. The van der Waals surface area contributed by atoms with E-state index in [9.17, 15) is 9.59 Å². The van der Waals surface area contributed by atoms with E-state index in [0.717, 1.165) is 12.2 Å². The van der Waals surface area contributed by atoms with Crippen molar-refractivity contribution in [1.82, 2.24) is 5.32 Å². The van der Waals surface area contributed by atoms with Crippen LogP contribution in [0.3, 0.4) is 0 Å². The molecule has 0 aromatic heterocycles. The number of fused-ring (bicyclic) bond motifs is 1. The van der Waals surface area contributed by atoms with Gasteiger partial charge in [0.2, 0.25) is 0 Å². The molecule has 2 rings (SSSR count). The molecule has 0 saturated heterocycles. The van der Waals surface area contributed by atoms with Crippen LogP contribution in [0.2, 0.25) is 0 Å². The quantitative estimate of drug-likeness (QED) is 0.743. The number of amides is 1. The molecular formula is C15H20N2O4. The van der Waals surface area contributed by atoms with Gasteiger partial charge in [-0.25, -0.2) is 0 Å². The Hall–Kier alpha value is -2.24. The Kier molecular flexibility index (Phi) is 5.03. The summed E-state index contributed by atoms with van der Waals surface area (Å²) in [6, 6.07) is 5.41. The lowest BCUT2D eigenvalue weighted by Crippen LogP contribution is -2.30. The summed E-state index contributed by atoms with van der Waals surface area (Å²) in [5.41, 5.74) is 1.33. The van der Waals surface area contributed by atoms with Crippen LogP contribution in [-0.2, 0) is 4.79 Å². The second kappa shape index (κ2) is 6.97. The van der Waals surface area contributed by atoms with Gasteiger partial charge in [-0.2, -0.15) is 0 Å². The highest BCUT2D eigenvalue weighted by molar-refractivity contribution is 5.99. The van der Waals surface area contributed by atoms with Gasteiger partial charge in [0.05, 0.1) is 11.3 Å². The molecule has 3 N–H and O–H groups in total. The smallest absolute Gasteiger partial charge is 0.303 e. The summed E-state index contributed by atoms with van der Waals surface area (Å²) in [5, 5.41) is 14.7. The molecule has 6 nitrogen and oxygen atoms in total. The zero-order chi connectivity index (χ0) is 15.2. The third kappa shape index (κ3) is 4.11. The van der Waals surface area contributed by atoms with Gasteiger partial charge in [-0.3, -0.25) is 9.59 Å². The minimum atomic E-state index is -0.815. The molecule has 114 valence electrons. The fraction of sp³-hybridized carbons (Fsp3) is 0.467. The lowest BCUT2D eigenvalue weighted by atomic mass is 10.1. The molecule has 0 saturated carbocycles. The van der Waals surface area contributed by atoms with Crippen LogP contribution in [0.15, 0.2) is 18.2 Å². The Bertz CT molecular complexity index is 530. The van der Waals surface area contributed by atoms with E-state index < -0.39 is 5.97 Å². The van der Waals surface area contributed by atoms with Crippen LogP contribution >= 0.6 is 0 Å². The predicted octanol–water partition coefficient (Wildman–Crippen LogP) is 1.72. The van der Waals surface area contributed by atoms with Gasteiger partial charge in [-0.15, -0.1) is 0 Å². The van der Waals surface area contributed by atoms with Crippen molar-refractivity contribution >= 4 is 17.6 Å². The molecule has 0 bridgehead atoms. The second-order valence-electron chi connectivity index (χ2n) is 5.21. The second-order valence-corrected chi connectivity index (χ2v) is 5.21. The molecule has 1 amide bonds. The van der Waals surface area contributed by atoms with Crippen molar-refractivity contribution in [1.29, 1.82) is 0 Å². The molecule has 6 heteroatoms. The fourth-order valence-electron chi connectivity index (χ4n) is 2.18. The number of benzene rings is 1. The third-order valence-electron chi connectivity index (χ3n) is 3.39. The standard InChI is InChI=1S/C15H20N2O4/c1-10(5-6-13(18)19)9-17-15(20)11-3-2-4-12-14(11)21-8-7-16-12/h2-4,10,16H,5-9H2,1H3,(H,17,20)(H,18,19). The molecule has 1 aliphatic rings. The van der Waals surface area contributed by atoms with Crippen LogP contribution in [-0.4, -0.2) is 36.7 Å². The van der Waals surface area contributed by atoms with Crippen LogP contribution in [0.5, 0.6) is 5.75 Å². The summed E-state index contributed by atoms with van der Waals surface area (Å²) in [7, 11) is 0. The lowest BCUT2D eigenvalue weighted by molar-refractivity contribution is -0.137. The average Bonchev–Trinajstić information content (AvgIpc) is 2.50. The monoisotopic (exact) mass is 292 g/mol. The third-order valence-corrected chi connectivity index (χ3v) is 3.39. The first-order chi connectivity index (χ1) is 10.1. The molecule has 1 unspecified atom stereocenters. The number of hydrogen-bond donors (Lipinski definition) is 3. The molecular weight excluding hydrogens is 272 g/mol. The van der Waals surface area contributed by atoms with Gasteiger partial charge in [0, 0.05) is 19.5 Å². The Morgan fingerprint density at radius 1 is 1.48 bits per heavy atom. The van der Waals surface area contributed by atoms with Gasteiger partial charge in [0.25, 0.3) is 5.91 Å². The van der Waals surface area contributed by atoms with Crippen LogP contribution < -0.4 is 15.4 Å². The number of carbonyl (C=O) groups excluding carboxylic acids is 1. The maximum atomic E-state index is 12.2. The van der Waals surface area contributed by atoms with E-state index in [4.69, 9.17) is 9.84 Å². The summed E-state index contributed by atoms with van der Waals surface area (Å²) in [6.45, 7) is 3.63. The number of anilines is 1. The molecule has 1 aromatic carbocycles. The van der Waals surface area contributed by atoms with Crippen LogP contribution in [0.25, 0.3) is 0 Å². The highest BCUT2D eigenvalue weighted by Crippen LogP contribution is 2.31. The zero-order valence-electron chi connectivity index (χ0n) is 12.0. The molecule has 0 fully saturated rings. The number of aliphatic carboxylic acids is 1. The number of hydrogen-bond acceptors (Lipinski definition) is 4. The highest BCUT2D eigenvalue weighted by atomic mass is 16.5. The van der Waals surface area contributed by atoms with Gasteiger partial charge in [-0.1, -0.05) is 13.0 Å². The number of ether oxygens (including phenoxy) is 1. The van der Waals surface area contributed by atoms with Gasteiger partial charge < -0.3 is 20.5 Å². The minimum absolute atomic E-state index is 0.114. The first kappa shape index (κ1) is 15.2. The number of carbonyl (C=O) groups is 2. The SMILES string of the molecule is CC(CCC(=O)O)CNC(=O)c1cccc2c1OCCN2. The Balaban J connectivity index is 1.93. The van der Waals surface area contributed by atoms with E-state index in [1.54, 1.807) is 6.07 Å². The summed E-state index contributed by atoms with van der Waals surface area (Å²) < 4.78 is 5.56. The van der Waals surface area contributed by atoms with E-state index >= 15 is 0 Å². The summed E-state index contributed by atoms with van der Waals surface area (Å²) in [6.07, 6.45) is 0.658. The largest absolute Gasteiger partial charge is 0.489 e. The predicted molar refractivity (Wildman–Crippen MR) is 78.8 cm³/mol. The first-order valence-electron chi connectivity index (χ1n) is 7.07. The summed E-state index contributed by atoms with van der Waals surface area (Å²) >= 11 is 0. The van der Waals surface area contributed by atoms with Gasteiger partial charge in [0.1, 0.15) is 6.61 Å². The van der Waals surface area contributed by atoms with Crippen molar-refractivity contribution < 1.29 is 19.4 Å². The molecule has 0 aliphatic carbocycles. The van der Waals surface area contributed by atoms with Crippen molar-refractivity contribution in [3.63, 3.8) is 0 Å². The summed E-state index contributed by atoms with van der Waals surface area (Å²) in [5.74, 6) is -0.314. The molecule has 1 aromatic rings. The molecule has 1 heterocycles. The molecule has 1 atom stereocenters. The molecule has 0 radical (unpaired) electrons. The maximum Gasteiger partial charge on any atom is 0.303 e. The minimum Gasteiger partial charge on any atom is -0.489 e. The molecule has 0 spiro atoms. The van der Waals surface area contributed by atoms with Crippen molar-refractivity contribution in [2.45, 2.75) is 19.8 Å². The van der Waals surface area contributed by atoms with Crippen LogP contribution in [0.1, 0.15) is 30.1 Å². The first-order valence-corrected chi connectivity index (χ1v) is 7.07. The normalized spacial score (nSPS) is 14.3. The van der Waals surface area contributed by atoms with E-state index in [-0.39, 0.29) is 18.2 Å². The number of carboxylic acids is 1. The topological polar surface area (TPSA) is 87.7 Å². The molecule has 21 heavy (non-hydrogen) atoms. The Morgan fingerprint density at radius 3 is 3.05 bits per heavy atom. The number of rotatable bonds is 6. The fourth-order valence-corrected chi connectivity index (χ4v) is 2.18. The van der Waals surface area contributed by atoms with E-state index in [1.807, 2.05) is 19.1 Å². The van der Waals surface area contributed by atoms with E-state index in [2.05, 4.69) is 10.6 Å². The van der Waals surface area contributed by atoms with Crippen molar-refractivity contribution in [3.8, 4) is 5.75 Å². The van der Waals surface area contributed by atoms with Crippen molar-refractivity contribution in [2.75, 3.05) is 25.0 Å². The maximum absolute atomic E-state index is 12.2. The van der Waals surface area contributed by atoms with Crippen LogP contribution in [0.4, 0.5) is 5.69 Å².